The lowest BCUT2D eigenvalue weighted by molar-refractivity contribution is 0.166. The Morgan fingerprint density at radius 2 is 1.10 bits per heavy atom. The first kappa shape index (κ1) is 20.3. The van der Waals surface area contributed by atoms with Crippen LogP contribution in [0.25, 0.3) is 0 Å². The molecule has 0 spiro atoms. The summed E-state index contributed by atoms with van der Waals surface area (Å²) in [7, 11) is 0. The number of ether oxygens (including phenoxy) is 1. The van der Waals surface area contributed by atoms with Gasteiger partial charge in [-0.15, -0.1) is 0 Å². The van der Waals surface area contributed by atoms with E-state index in [9.17, 15) is 0 Å². The van der Waals surface area contributed by atoms with Crippen molar-refractivity contribution in [3.8, 4) is 6.26 Å². The lowest BCUT2D eigenvalue weighted by Gasteiger charge is -2.07. The Labute approximate surface area is 133 Å². The van der Waals surface area contributed by atoms with E-state index in [4.69, 9.17) is 10.00 Å². The van der Waals surface area contributed by atoms with Crippen LogP contribution in [0.3, 0.4) is 0 Å². The molecule has 0 saturated heterocycles. The normalized spacial score (nSPS) is 12.0. The van der Waals surface area contributed by atoms with Gasteiger partial charge >= 0.3 is 0 Å². The van der Waals surface area contributed by atoms with Gasteiger partial charge in [0.25, 0.3) is 6.26 Å². The topological polar surface area (TPSA) is 33.0 Å². The van der Waals surface area contributed by atoms with Crippen molar-refractivity contribution < 1.29 is 4.74 Å². The summed E-state index contributed by atoms with van der Waals surface area (Å²) in [6, 6.07) is 0. The first-order valence-electron chi connectivity index (χ1n) is 9.36. The molecular weight excluding hydrogens is 258 g/mol. The summed E-state index contributed by atoms with van der Waals surface area (Å²) in [5.74, 6) is 0. The highest BCUT2D eigenvalue weighted by Gasteiger charge is 2.01. The van der Waals surface area contributed by atoms with Gasteiger partial charge in [0, 0.05) is 0 Å². The Bertz CT molecular complexity index is 234. The van der Waals surface area contributed by atoms with Gasteiger partial charge in [0.15, 0.2) is 0 Å². The quantitative estimate of drug-likeness (QED) is 0.233. The second-order valence-corrected chi connectivity index (χ2v) is 6.40. The van der Waals surface area contributed by atoms with Crippen LogP contribution in [0, 0.1) is 11.5 Å². The number of hydrogen-bond acceptors (Lipinski definition) is 2. The third-order valence-corrected chi connectivity index (χ3v) is 4.22. The molecule has 0 rings (SSSR count). The molecule has 124 valence electrons. The van der Waals surface area contributed by atoms with E-state index in [1.54, 1.807) is 6.26 Å². The molecule has 1 unspecified atom stereocenters. The summed E-state index contributed by atoms with van der Waals surface area (Å²) in [5.41, 5.74) is 0. The highest BCUT2D eigenvalue weighted by Crippen LogP contribution is 2.14. The van der Waals surface area contributed by atoms with Gasteiger partial charge in [0.2, 0.25) is 0 Å². The molecule has 2 heteroatoms. The molecule has 0 fully saturated rings. The van der Waals surface area contributed by atoms with Crippen molar-refractivity contribution in [2.45, 2.75) is 116 Å². The average molecular weight is 296 g/mol. The summed E-state index contributed by atoms with van der Waals surface area (Å²) in [4.78, 5) is 0. The van der Waals surface area contributed by atoms with Gasteiger partial charge in [0.1, 0.15) is 6.10 Å². The van der Waals surface area contributed by atoms with E-state index in [1.165, 1.54) is 89.9 Å². The van der Waals surface area contributed by atoms with Crippen LogP contribution in [0.1, 0.15) is 110 Å². The molecule has 0 heterocycles. The SMILES string of the molecule is CCCCCCCCCCCCCCCCC(C)OC#N. The van der Waals surface area contributed by atoms with Crippen molar-refractivity contribution in [2.24, 2.45) is 0 Å². The van der Waals surface area contributed by atoms with E-state index >= 15 is 0 Å². The van der Waals surface area contributed by atoms with Gasteiger partial charge in [-0.05, 0) is 19.8 Å². The van der Waals surface area contributed by atoms with Gasteiger partial charge in [0.05, 0.1) is 0 Å². The number of nitriles is 1. The highest BCUT2D eigenvalue weighted by atomic mass is 16.5. The van der Waals surface area contributed by atoms with E-state index in [0.29, 0.717) is 0 Å². The fourth-order valence-corrected chi connectivity index (χ4v) is 2.78. The van der Waals surface area contributed by atoms with E-state index in [2.05, 4.69) is 6.92 Å². The van der Waals surface area contributed by atoms with Crippen molar-refractivity contribution in [3.05, 3.63) is 0 Å². The lowest BCUT2D eigenvalue weighted by Crippen LogP contribution is -2.03. The van der Waals surface area contributed by atoms with E-state index in [-0.39, 0.29) is 6.10 Å². The van der Waals surface area contributed by atoms with Crippen LogP contribution in [0.2, 0.25) is 0 Å². The Balaban J connectivity index is 3.01. The van der Waals surface area contributed by atoms with Crippen LogP contribution in [-0.4, -0.2) is 6.10 Å². The smallest absolute Gasteiger partial charge is 0.286 e. The zero-order valence-corrected chi connectivity index (χ0v) is 14.5. The zero-order chi connectivity index (χ0) is 15.6. The average Bonchev–Trinajstić information content (AvgIpc) is 2.48. The minimum absolute atomic E-state index is 0.104. The van der Waals surface area contributed by atoms with Gasteiger partial charge in [-0.1, -0.05) is 90.4 Å². The highest BCUT2D eigenvalue weighted by molar-refractivity contribution is 4.58. The second kappa shape index (κ2) is 17.3. The van der Waals surface area contributed by atoms with Gasteiger partial charge in [-0.3, -0.25) is 0 Å². The number of hydrogen-bond donors (Lipinski definition) is 0. The Hall–Kier alpha value is -0.710. The van der Waals surface area contributed by atoms with Gasteiger partial charge in [-0.25, -0.2) is 0 Å². The zero-order valence-electron chi connectivity index (χ0n) is 14.5. The monoisotopic (exact) mass is 295 g/mol. The summed E-state index contributed by atoms with van der Waals surface area (Å²) in [6.07, 6.45) is 22.3. The third kappa shape index (κ3) is 17.2. The molecule has 0 aliphatic heterocycles. The minimum atomic E-state index is 0.104. The van der Waals surface area contributed by atoms with Crippen LogP contribution in [-0.2, 0) is 4.74 Å². The number of rotatable bonds is 16. The predicted octanol–water partition coefficient (Wildman–Crippen LogP) is 6.74. The Morgan fingerprint density at radius 1 is 0.714 bits per heavy atom. The number of nitrogens with zero attached hydrogens (tertiary/aromatic N) is 1. The van der Waals surface area contributed by atoms with E-state index < -0.39 is 0 Å². The summed E-state index contributed by atoms with van der Waals surface area (Å²) >= 11 is 0. The van der Waals surface area contributed by atoms with Crippen LogP contribution in [0.15, 0.2) is 0 Å². The molecule has 0 radical (unpaired) electrons. The molecule has 21 heavy (non-hydrogen) atoms. The number of unbranched alkanes of at least 4 members (excludes halogenated alkanes) is 13. The molecule has 0 aromatic heterocycles. The Kier molecular flexibility index (Phi) is 16.8. The van der Waals surface area contributed by atoms with E-state index in [0.717, 1.165) is 6.42 Å². The molecule has 1 atom stereocenters. The van der Waals surface area contributed by atoms with Crippen LogP contribution in [0.4, 0.5) is 0 Å². The first-order chi connectivity index (χ1) is 10.3. The van der Waals surface area contributed by atoms with Crippen molar-refractivity contribution in [2.75, 3.05) is 0 Å². The molecule has 0 aliphatic carbocycles. The summed E-state index contributed by atoms with van der Waals surface area (Å²) in [5, 5.41) is 8.38. The van der Waals surface area contributed by atoms with Crippen LogP contribution >= 0.6 is 0 Å². The van der Waals surface area contributed by atoms with Crippen molar-refractivity contribution in [3.63, 3.8) is 0 Å². The second-order valence-electron chi connectivity index (χ2n) is 6.40. The maximum atomic E-state index is 8.38. The van der Waals surface area contributed by atoms with Crippen molar-refractivity contribution >= 4 is 0 Å². The lowest BCUT2D eigenvalue weighted by atomic mass is 10.0. The van der Waals surface area contributed by atoms with Crippen molar-refractivity contribution in [1.82, 2.24) is 0 Å². The largest absolute Gasteiger partial charge is 0.424 e. The minimum Gasteiger partial charge on any atom is -0.424 e. The molecule has 2 nitrogen and oxygen atoms in total. The standard InChI is InChI=1S/C19H37NO/c1-3-4-5-6-7-8-9-10-11-12-13-14-15-16-17-19(2)21-18-20/h19H,3-17H2,1-2H3. The Morgan fingerprint density at radius 3 is 1.48 bits per heavy atom. The molecule has 0 N–H and O–H groups in total. The predicted molar refractivity (Wildman–Crippen MR) is 91.1 cm³/mol. The van der Waals surface area contributed by atoms with Crippen LogP contribution < -0.4 is 0 Å². The van der Waals surface area contributed by atoms with E-state index in [1.807, 2.05) is 6.92 Å². The van der Waals surface area contributed by atoms with Gasteiger partial charge in [-0.2, -0.15) is 5.26 Å². The van der Waals surface area contributed by atoms with Crippen molar-refractivity contribution in [1.29, 1.82) is 5.26 Å². The molecular formula is C19H37NO. The maximum Gasteiger partial charge on any atom is 0.286 e. The molecule has 0 aliphatic rings. The molecule has 0 bridgehead atoms. The molecule has 0 aromatic rings. The molecule has 0 aromatic carbocycles. The van der Waals surface area contributed by atoms with Gasteiger partial charge < -0.3 is 4.74 Å². The molecule has 0 amide bonds. The maximum absolute atomic E-state index is 8.38. The first-order valence-corrected chi connectivity index (χ1v) is 9.36. The fraction of sp³-hybridized carbons (Fsp3) is 0.947. The molecule has 0 saturated carbocycles. The fourth-order valence-electron chi connectivity index (χ4n) is 2.78. The third-order valence-electron chi connectivity index (χ3n) is 4.22. The summed E-state index contributed by atoms with van der Waals surface area (Å²) in [6.45, 7) is 4.26. The summed E-state index contributed by atoms with van der Waals surface area (Å²) < 4.78 is 4.86. The van der Waals surface area contributed by atoms with Crippen LogP contribution in [0.5, 0.6) is 0 Å².